The van der Waals surface area contributed by atoms with E-state index in [1.165, 1.54) is 0 Å². The molecule has 8 heteroatoms. The van der Waals surface area contributed by atoms with Crippen LogP contribution in [0.5, 0.6) is 0 Å². The van der Waals surface area contributed by atoms with Gasteiger partial charge in [0.15, 0.2) is 0 Å². The average molecular weight is 464 g/mol. The summed E-state index contributed by atoms with van der Waals surface area (Å²) in [5.74, 6) is -1.71. The van der Waals surface area contributed by atoms with Gasteiger partial charge in [-0.1, -0.05) is 62.4 Å². The minimum absolute atomic E-state index is 0.0793. The van der Waals surface area contributed by atoms with Crippen molar-refractivity contribution in [3.05, 3.63) is 59.7 Å². The number of aliphatic carboxylic acids is 1. The first-order valence-electron chi connectivity index (χ1n) is 11.2. The molecule has 0 heterocycles. The van der Waals surface area contributed by atoms with Gasteiger partial charge in [-0.2, -0.15) is 5.26 Å². The lowest BCUT2D eigenvalue weighted by Gasteiger charge is -2.24. The number of alkyl carbamates (subject to hydrolysis) is 1. The summed E-state index contributed by atoms with van der Waals surface area (Å²) in [5, 5.41) is 23.2. The molecule has 0 aliphatic heterocycles. The average Bonchev–Trinajstić information content (AvgIpc) is 3.12. The first kappa shape index (κ1) is 24.8. The van der Waals surface area contributed by atoms with Crippen LogP contribution in [-0.2, 0) is 14.3 Å². The van der Waals surface area contributed by atoms with Crippen LogP contribution in [0.15, 0.2) is 48.5 Å². The quantitative estimate of drug-likeness (QED) is 0.491. The van der Waals surface area contributed by atoms with Gasteiger partial charge in [0.05, 0.1) is 6.07 Å². The van der Waals surface area contributed by atoms with Crippen molar-refractivity contribution < 1.29 is 24.2 Å². The maximum absolute atomic E-state index is 12.7. The number of ether oxygens (including phenoxy) is 1. The summed E-state index contributed by atoms with van der Waals surface area (Å²) in [4.78, 5) is 36.3. The molecule has 1 aliphatic rings. The smallest absolute Gasteiger partial charge is 0.407 e. The molecule has 0 aromatic heterocycles. The van der Waals surface area contributed by atoms with E-state index >= 15 is 0 Å². The van der Waals surface area contributed by atoms with E-state index in [9.17, 15) is 14.4 Å². The third kappa shape index (κ3) is 6.13. The van der Waals surface area contributed by atoms with Gasteiger partial charge in [-0.3, -0.25) is 9.59 Å². The molecular formula is C26H29N3O5. The molecule has 0 bridgehead atoms. The number of carboxylic acid groups (broad SMARTS) is 1. The minimum atomic E-state index is -1.07. The van der Waals surface area contributed by atoms with E-state index in [0.717, 1.165) is 22.3 Å². The highest BCUT2D eigenvalue weighted by molar-refractivity contribution is 5.86. The number of carboxylic acids is 1. The molecule has 0 saturated heterocycles. The number of benzene rings is 2. The second-order valence-corrected chi connectivity index (χ2v) is 9.17. The van der Waals surface area contributed by atoms with Gasteiger partial charge in [0.2, 0.25) is 5.91 Å². The number of rotatable bonds is 10. The summed E-state index contributed by atoms with van der Waals surface area (Å²) in [5.41, 5.74) is 3.88. The molecule has 2 aromatic carbocycles. The molecular weight excluding hydrogens is 434 g/mol. The summed E-state index contributed by atoms with van der Waals surface area (Å²) >= 11 is 0. The van der Waals surface area contributed by atoms with Crippen molar-refractivity contribution in [2.75, 3.05) is 13.2 Å². The van der Waals surface area contributed by atoms with Crippen LogP contribution in [-0.4, -0.2) is 42.3 Å². The maximum atomic E-state index is 12.7. The SMILES string of the molecule is CC(C)(CC#N)CNC(=O)C(CCC(=O)O)NC(=O)OCC1c2ccccc2-c2ccccc21. The third-order valence-corrected chi connectivity index (χ3v) is 5.90. The van der Waals surface area contributed by atoms with E-state index in [-0.39, 0.29) is 38.3 Å². The minimum Gasteiger partial charge on any atom is -0.481 e. The Bertz CT molecular complexity index is 1060. The zero-order chi connectivity index (χ0) is 24.7. The lowest BCUT2D eigenvalue weighted by Crippen LogP contribution is -2.49. The maximum Gasteiger partial charge on any atom is 0.407 e. The molecule has 178 valence electrons. The number of fused-ring (bicyclic) bond motifs is 3. The molecule has 1 unspecified atom stereocenters. The van der Waals surface area contributed by atoms with Crippen LogP contribution in [0.4, 0.5) is 4.79 Å². The van der Waals surface area contributed by atoms with Gasteiger partial charge >= 0.3 is 12.1 Å². The Morgan fingerprint density at radius 2 is 1.68 bits per heavy atom. The van der Waals surface area contributed by atoms with Crippen molar-refractivity contribution in [3.63, 3.8) is 0 Å². The van der Waals surface area contributed by atoms with E-state index < -0.39 is 29.4 Å². The first-order chi connectivity index (χ1) is 16.2. The van der Waals surface area contributed by atoms with Crippen molar-refractivity contribution in [1.29, 1.82) is 5.26 Å². The number of nitrogens with zero attached hydrogens (tertiary/aromatic N) is 1. The fraction of sp³-hybridized carbons (Fsp3) is 0.385. The largest absolute Gasteiger partial charge is 0.481 e. The van der Waals surface area contributed by atoms with Crippen molar-refractivity contribution in [2.45, 2.75) is 45.1 Å². The van der Waals surface area contributed by atoms with Crippen molar-refractivity contribution in [1.82, 2.24) is 10.6 Å². The van der Waals surface area contributed by atoms with Crippen molar-refractivity contribution in [2.24, 2.45) is 5.41 Å². The fourth-order valence-electron chi connectivity index (χ4n) is 4.05. The molecule has 3 rings (SSSR count). The Morgan fingerprint density at radius 3 is 2.24 bits per heavy atom. The normalized spacial score (nSPS) is 13.2. The van der Waals surface area contributed by atoms with E-state index in [2.05, 4.69) is 16.7 Å². The van der Waals surface area contributed by atoms with Gasteiger partial charge in [-0.05, 0) is 34.1 Å². The summed E-state index contributed by atoms with van der Waals surface area (Å²) in [6, 6.07) is 16.9. The van der Waals surface area contributed by atoms with Crippen LogP contribution in [0.2, 0.25) is 0 Å². The van der Waals surface area contributed by atoms with E-state index in [1.807, 2.05) is 62.4 Å². The van der Waals surface area contributed by atoms with Crippen LogP contribution in [0.1, 0.15) is 50.2 Å². The van der Waals surface area contributed by atoms with E-state index in [1.54, 1.807) is 0 Å². The van der Waals surface area contributed by atoms with Gasteiger partial charge in [0, 0.05) is 25.3 Å². The standard InChI is InChI=1S/C26H29N3O5/c1-26(2,13-14-27)16-28-24(32)22(11-12-23(30)31)29-25(33)34-15-21-19-9-5-3-7-17(19)18-8-4-6-10-20(18)21/h3-10,21-22H,11-13,15-16H2,1-2H3,(H,28,32)(H,29,33)(H,30,31). The van der Waals surface area contributed by atoms with Crippen LogP contribution >= 0.6 is 0 Å². The molecule has 0 fully saturated rings. The highest BCUT2D eigenvalue weighted by Gasteiger charge is 2.30. The molecule has 3 N–H and O–H groups in total. The highest BCUT2D eigenvalue weighted by atomic mass is 16.5. The Hall–Kier alpha value is -3.86. The molecule has 0 radical (unpaired) electrons. The lowest BCUT2D eigenvalue weighted by molar-refractivity contribution is -0.137. The molecule has 2 amide bonds. The third-order valence-electron chi connectivity index (χ3n) is 5.90. The van der Waals surface area contributed by atoms with Crippen LogP contribution in [0, 0.1) is 16.7 Å². The zero-order valence-corrected chi connectivity index (χ0v) is 19.3. The Kier molecular flexibility index (Phi) is 7.90. The van der Waals surface area contributed by atoms with E-state index in [4.69, 9.17) is 15.1 Å². The van der Waals surface area contributed by atoms with Gasteiger partial charge in [0.1, 0.15) is 12.6 Å². The first-order valence-corrected chi connectivity index (χ1v) is 11.2. The van der Waals surface area contributed by atoms with Crippen LogP contribution < -0.4 is 10.6 Å². The predicted octanol–water partition coefficient (Wildman–Crippen LogP) is 3.81. The Balaban J connectivity index is 1.64. The van der Waals surface area contributed by atoms with Gasteiger partial charge < -0.3 is 20.5 Å². The Morgan fingerprint density at radius 1 is 1.09 bits per heavy atom. The van der Waals surface area contributed by atoms with Crippen molar-refractivity contribution in [3.8, 4) is 17.2 Å². The molecule has 0 spiro atoms. The van der Waals surface area contributed by atoms with Crippen molar-refractivity contribution >= 4 is 18.0 Å². The van der Waals surface area contributed by atoms with E-state index in [0.29, 0.717) is 0 Å². The predicted molar refractivity (Wildman–Crippen MR) is 126 cm³/mol. The fourth-order valence-corrected chi connectivity index (χ4v) is 4.05. The number of hydrogen-bond acceptors (Lipinski definition) is 5. The molecule has 34 heavy (non-hydrogen) atoms. The number of nitrogens with one attached hydrogen (secondary N) is 2. The number of amides is 2. The van der Waals surface area contributed by atoms with Crippen LogP contribution in [0.25, 0.3) is 11.1 Å². The Labute approximate surface area is 198 Å². The molecule has 0 saturated carbocycles. The van der Waals surface area contributed by atoms with Gasteiger partial charge in [0.25, 0.3) is 0 Å². The van der Waals surface area contributed by atoms with Gasteiger partial charge in [-0.25, -0.2) is 4.79 Å². The van der Waals surface area contributed by atoms with Crippen LogP contribution in [0.3, 0.4) is 0 Å². The number of carbonyl (C=O) groups is 3. The highest BCUT2D eigenvalue weighted by Crippen LogP contribution is 2.44. The topological polar surface area (TPSA) is 129 Å². The summed E-state index contributed by atoms with van der Waals surface area (Å²) in [6.07, 6.45) is -0.913. The molecule has 2 aromatic rings. The monoisotopic (exact) mass is 463 g/mol. The summed E-state index contributed by atoms with van der Waals surface area (Å²) in [7, 11) is 0. The molecule has 1 atom stereocenters. The lowest BCUT2D eigenvalue weighted by atomic mass is 9.90. The second-order valence-electron chi connectivity index (χ2n) is 9.17. The number of nitriles is 1. The number of hydrogen-bond donors (Lipinski definition) is 3. The molecule has 1 aliphatic carbocycles. The second kappa shape index (κ2) is 10.8. The molecule has 8 nitrogen and oxygen atoms in total. The summed E-state index contributed by atoms with van der Waals surface area (Å²) < 4.78 is 5.49. The number of carbonyl (C=O) groups excluding carboxylic acids is 2. The summed E-state index contributed by atoms with van der Waals surface area (Å²) in [6.45, 7) is 3.97. The van der Waals surface area contributed by atoms with Gasteiger partial charge in [-0.15, -0.1) is 0 Å². The zero-order valence-electron chi connectivity index (χ0n) is 19.3.